The minimum Gasteiger partial charge on any atom is -0.295 e. The van der Waals surface area contributed by atoms with Crippen LogP contribution in [0.4, 0.5) is 0 Å². The van der Waals surface area contributed by atoms with Gasteiger partial charge in [0.05, 0.1) is 0 Å². The van der Waals surface area contributed by atoms with Gasteiger partial charge in [0, 0.05) is 17.5 Å². The maximum atomic E-state index is 11.3. The minimum absolute atomic E-state index is 0.0215. The highest BCUT2D eigenvalue weighted by atomic mass is 16.1. The number of hydrogen-bond donors (Lipinski definition) is 0. The molecule has 0 bridgehead atoms. The Hall–Kier alpha value is -2.59. The lowest BCUT2D eigenvalue weighted by molar-refractivity contribution is -0.114. The molecular weight excluding hydrogens is 232 g/mol. The molecule has 0 saturated carbocycles. The lowest BCUT2D eigenvalue weighted by atomic mass is 10.1. The molecular formula is C18H14O. The second-order valence-corrected chi connectivity index (χ2v) is 4.16. The molecule has 0 atom stereocenters. The second kappa shape index (κ2) is 6.37. The largest absolute Gasteiger partial charge is 0.295 e. The first-order valence-electron chi connectivity index (χ1n) is 6.09. The van der Waals surface area contributed by atoms with E-state index in [1.54, 1.807) is 0 Å². The van der Waals surface area contributed by atoms with Crippen molar-refractivity contribution < 1.29 is 4.79 Å². The van der Waals surface area contributed by atoms with Gasteiger partial charge in [-0.15, -0.1) is 0 Å². The van der Waals surface area contributed by atoms with Crippen molar-refractivity contribution in [3.05, 3.63) is 83.9 Å². The Labute approximate surface area is 113 Å². The molecule has 0 aliphatic carbocycles. The molecule has 2 aromatic rings. The van der Waals surface area contributed by atoms with Crippen LogP contribution in [0.3, 0.4) is 0 Å². The Balaban J connectivity index is 2.18. The zero-order chi connectivity index (χ0) is 13.5. The van der Waals surface area contributed by atoms with Crippen LogP contribution in [-0.2, 0) is 11.2 Å². The van der Waals surface area contributed by atoms with Crippen molar-refractivity contribution in [3.63, 3.8) is 0 Å². The number of carbonyl (C=O) groups excluding carboxylic acids is 1. The van der Waals surface area contributed by atoms with Crippen LogP contribution in [-0.4, -0.2) is 5.78 Å². The van der Waals surface area contributed by atoms with Crippen LogP contribution >= 0.6 is 0 Å². The lowest BCUT2D eigenvalue weighted by Crippen LogP contribution is -1.97. The van der Waals surface area contributed by atoms with Gasteiger partial charge in [0.1, 0.15) is 0 Å². The van der Waals surface area contributed by atoms with Crippen LogP contribution in [0.15, 0.2) is 67.3 Å². The number of ketones is 1. The first-order valence-corrected chi connectivity index (χ1v) is 6.09. The van der Waals surface area contributed by atoms with Crippen molar-refractivity contribution >= 4 is 5.78 Å². The Bertz CT molecular complexity index is 642. The summed E-state index contributed by atoms with van der Waals surface area (Å²) in [6.45, 7) is 3.48. The lowest BCUT2D eigenvalue weighted by Gasteiger charge is -1.98. The van der Waals surface area contributed by atoms with Gasteiger partial charge in [-0.3, -0.25) is 4.79 Å². The van der Waals surface area contributed by atoms with Gasteiger partial charge in [-0.25, -0.2) is 0 Å². The number of carbonyl (C=O) groups is 1. The highest BCUT2D eigenvalue weighted by Crippen LogP contribution is 2.06. The van der Waals surface area contributed by atoms with Gasteiger partial charge in [-0.2, -0.15) is 0 Å². The van der Waals surface area contributed by atoms with Gasteiger partial charge in [0.25, 0.3) is 0 Å². The van der Waals surface area contributed by atoms with Crippen LogP contribution in [0.2, 0.25) is 0 Å². The minimum atomic E-state index is 0.0215. The quantitative estimate of drug-likeness (QED) is 0.599. The van der Waals surface area contributed by atoms with Crippen LogP contribution in [0, 0.1) is 11.8 Å². The predicted molar refractivity (Wildman–Crippen MR) is 77.8 cm³/mol. The molecule has 0 amide bonds. The Morgan fingerprint density at radius 3 is 2.42 bits per heavy atom. The first-order chi connectivity index (χ1) is 9.28. The number of benzene rings is 2. The molecule has 0 unspecified atom stereocenters. The molecule has 1 nitrogen and oxygen atoms in total. The second-order valence-electron chi connectivity index (χ2n) is 4.16. The number of rotatable bonds is 3. The maximum Gasteiger partial charge on any atom is 0.159 e. The van der Waals surface area contributed by atoms with E-state index in [2.05, 4.69) is 18.4 Å². The first kappa shape index (κ1) is 12.9. The summed E-state index contributed by atoms with van der Waals surface area (Å²) >= 11 is 0. The molecule has 19 heavy (non-hydrogen) atoms. The molecule has 0 heterocycles. The van der Waals surface area contributed by atoms with Crippen molar-refractivity contribution in [2.45, 2.75) is 6.42 Å². The molecule has 0 aliphatic rings. The maximum absolute atomic E-state index is 11.3. The van der Waals surface area contributed by atoms with Crippen LogP contribution in [0.1, 0.15) is 16.7 Å². The van der Waals surface area contributed by atoms with E-state index in [1.807, 2.05) is 54.6 Å². The van der Waals surface area contributed by atoms with Crippen LogP contribution in [0.5, 0.6) is 0 Å². The average molecular weight is 246 g/mol. The van der Waals surface area contributed by atoms with Crippen LogP contribution in [0.25, 0.3) is 0 Å². The van der Waals surface area contributed by atoms with Crippen LogP contribution < -0.4 is 0 Å². The van der Waals surface area contributed by atoms with E-state index < -0.39 is 0 Å². The molecule has 0 radical (unpaired) electrons. The zero-order valence-electron chi connectivity index (χ0n) is 10.6. The summed E-state index contributed by atoms with van der Waals surface area (Å²) in [6, 6.07) is 17.6. The van der Waals surface area contributed by atoms with Gasteiger partial charge in [0.15, 0.2) is 5.78 Å². The molecule has 1 heteroatoms. The summed E-state index contributed by atoms with van der Waals surface area (Å²) in [6.07, 6.45) is 1.73. The van der Waals surface area contributed by atoms with E-state index in [9.17, 15) is 4.79 Å². The topological polar surface area (TPSA) is 17.1 Å². The van der Waals surface area contributed by atoms with E-state index in [4.69, 9.17) is 0 Å². The zero-order valence-corrected chi connectivity index (χ0v) is 10.6. The van der Waals surface area contributed by atoms with Crippen molar-refractivity contribution in [2.24, 2.45) is 0 Å². The molecule has 2 rings (SSSR count). The highest BCUT2D eigenvalue weighted by Gasteiger charge is 1.99. The van der Waals surface area contributed by atoms with E-state index in [-0.39, 0.29) is 5.78 Å². The molecule has 92 valence electrons. The highest BCUT2D eigenvalue weighted by molar-refractivity contribution is 5.90. The SMILES string of the molecule is C=CC(=O)Cc1cccc(C#Cc2ccccc2)c1. The molecule has 2 aromatic carbocycles. The summed E-state index contributed by atoms with van der Waals surface area (Å²) < 4.78 is 0. The molecule has 0 spiro atoms. The average Bonchev–Trinajstić information content (AvgIpc) is 2.46. The molecule has 0 aliphatic heterocycles. The summed E-state index contributed by atoms with van der Waals surface area (Å²) in [4.78, 5) is 11.3. The van der Waals surface area contributed by atoms with Crippen molar-refractivity contribution in [1.82, 2.24) is 0 Å². The van der Waals surface area contributed by atoms with Gasteiger partial charge in [-0.1, -0.05) is 48.8 Å². The third-order valence-corrected chi connectivity index (χ3v) is 2.66. The molecule has 0 N–H and O–H groups in total. The Morgan fingerprint density at radius 2 is 1.68 bits per heavy atom. The smallest absolute Gasteiger partial charge is 0.159 e. The van der Waals surface area contributed by atoms with Gasteiger partial charge in [-0.05, 0) is 35.9 Å². The third kappa shape index (κ3) is 3.97. The van der Waals surface area contributed by atoms with E-state index in [1.165, 1.54) is 6.08 Å². The summed E-state index contributed by atoms with van der Waals surface area (Å²) in [5.74, 6) is 6.23. The summed E-state index contributed by atoms with van der Waals surface area (Å²) in [5.41, 5.74) is 2.86. The fraction of sp³-hybridized carbons (Fsp3) is 0.0556. The molecule has 0 saturated heterocycles. The van der Waals surface area contributed by atoms with E-state index >= 15 is 0 Å². The third-order valence-electron chi connectivity index (χ3n) is 2.66. The number of hydrogen-bond acceptors (Lipinski definition) is 1. The van der Waals surface area contributed by atoms with E-state index in [0.717, 1.165) is 16.7 Å². The fourth-order valence-electron chi connectivity index (χ4n) is 1.70. The predicted octanol–water partition coefficient (Wildman–Crippen LogP) is 3.38. The molecule has 0 fully saturated rings. The normalized spacial score (nSPS) is 9.26. The van der Waals surface area contributed by atoms with Gasteiger partial charge < -0.3 is 0 Å². The summed E-state index contributed by atoms with van der Waals surface area (Å²) in [5, 5.41) is 0. The monoisotopic (exact) mass is 246 g/mol. The molecule has 0 aromatic heterocycles. The van der Waals surface area contributed by atoms with Gasteiger partial charge >= 0.3 is 0 Å². The fourth-order valence-corrected chi connectivity index (χ4v) is 1.70. The summed E-state index contributed by atoms with van der Waals surface area (Å²) in [7, 11) is 0. The Morgan fingerprint density at radius 1 is 1.00 bits per heavy atom. The van der Waals surface area contributed by atoms with E-state index in [0.29, 0.717) is 6.42 Å². The standard InChI is InChI=1S/C18H14O/c1-2-18(19)14-17-10-6-9-16(13-17)12-11-15-7-4-3-5-8-15/h2-10,13H,1,14H2. The van der Waals surface area contributed by atoms with Crippen molar-refractivity contribution in [1.29, 1.82) is 0 Å². The van der Waals surface area contributed by atoms with Crippen molar-refractivity contribution in [2.75, 3.05) is 0 Å². The number of allylic oxidation sites excluding steroid dienone is 1. The van der Waals surface area contributed by atoms with Crippen molar-refractivity contribution in [3.8, 4) is 11.8 Å². The van der Waals surface area contributed by atoms with Gasteiger partial charge in [0.2, 0.25) is 0 Å². The Kier molecular flexibility index (Phi) is 4.31.